The summed E-state index contributed by atoms with van der Waals surface area (Å²) in [5, 5.41) is 0. The predicted molar refractivity (Wildman–Crippen MR) is 78.6 cm³/mol. The number of piperidine rings is 1. The molecule has 3 unspecified atom stereocenters. The van der Waals surface area contributed by atoms with Gasteiger partial charge < -0.3 is 5.73 Å². The molecule has 2 fully saturated rings. The average molecular weight is 252 g/mol. The molecule has 2 aliphatic rings. The Labute approximate surface area is 113 Å². The van der Waals surface area contributed by atoms with Crippen molar-refractivity contribution in [3.8, 4) is 0 Å². The SMILES string of the molecule is CCC1CCCN(C2(CN)CCCCC2CC)C1. The van der Waals surface area contributed by atoms with Gasteiger partial charge in [0.2, 0.25) is 0 Å². The first kappa shape index (κ1) is 14.3. The fourth-order valence-corrected chi connectivity index (χ4v) is 4.50. The molecule has 0 amide bonds. The number of likely N-dealkylation sites (tertiary alicyclic amines) is 1. The highest BCUT2D eigenvalue weighted by atomic mass is 15.2. The molecule has 2 N–H and O–H groups in total. The Hall–Kier alpha value is -0.0800. The van der Waals surface area contributed by atoms with Crippen LogP contribution in [-0.2, 0) is 0 Å². The summed E-state index contributed by atoms with van der Waals surface area (Å²) >= 11 is 0. The van der Waals surface area contributed by atoms with E-state index in [1.807, 2.05) is 0 Å². The van der Waals surface area contributed by atoms with Crippen LogP contribution in [0.2, 0.25) is 0 Å². The lowest BCUT2D eigenvalue weighted by atomic mass is 9.69. The van der Waals surface area contributed by atoms with Crippen molar-refractivity contribution in [3.63, 3.8) is 0 Å². The molecule has 18 heavy (non-hydrogen) atoms. The minimum absolute atomic E-state index is 0.348. The van der Waals surface area contributed by atoms with E-state index in [1.165, 1.54) is 64.5 Å². The van der Waals surface area contributed by atoms with Gasteiger partial charge in [-0.25, -0.2) is 0 Å². The van der Waals surface area contributed by atoms with Crippen LogP contribution >= 0.6 is 0 Å². The van der Waals surface area contributed by atoms with E-state index in [9.17, 15) is 0 Å². The van der Waals surface area contributed by atoms with E-state index in [0.29, 0.717) is 5.54 Å². The van der Waals surface area contributed by atoms with E-state index in [2.05, 4.69) is 18.7 Å². The summed E-state index contributed by atoms with van der Waals surface area (Å²) in [5.41, 5.74) is 6.63. The zero-order chi connectivity index (χ0) is 13.0. The third-order valence-electron chi connectivity index (χ3n) is 5.74. The normalized spacial score (nSPS) is 38.8. The molecular weight excluding hydrogens is 220 g/mol. The lowest BCUT2D eigenvalue weighted by Gasteiger charge is -2.53. The molecule has 2 heteroatoms. The molecule has 2 rings (SSSR count). The second kappa shape index (κ2) is 6.38. The maximum Gasteiger partial charge on any atom is 0.0359 e. The van der Waals surface area contributed by atoms with Gasteiger partial charge in [-0.15, -0.1) is 0 Å². The van der Waals surface area contributed by atoms with Crippen molar-refractivity contribution in [2.24, 2.45) is 17.6 Å². The van der Waals surface area contributed by atoms with Gasteiger partial charge in [0.25, 0.3) is 0 Å². The van der Waals surface area contributed by atoms with E-state index in [-0.39, 0.29) is 0 Å². The van der Waals surface area contributed by atoms with Crippen LogP contribution in [0.5, 0.6) is 0 Å². The zero-order valence-corrected chi connectivity index (χ0v) is 12.5. The zero-order valence-electron chi connectivity index (χ0n) is 12.5. The molecule has 2 nitrogen and oxygen atoms in total. The third-order valence-corrected chi connectivity index (χ3v) is 5.74. The van der Waals surface area contributed by atoms with Gasteiger partial charge in [-0.05, 0) is 44.1 Å². The molecule has 3 atom stereocenters. The standard InChI is InChI=1S/C16H32N2/c1-3-14-8-7-11-18(12-14)16(13-17)10-6-5-9-15(16)4-2/h14-15H,3-13,17H2,1-2H3. The van der Waals surface area contributed by atoms with Crippen LogP contribution in [0.3, 0.4) is 0 Å². The summed E-state index contributed by atoms with van der Waals surface area (Å²) < 4.78 is 0. The van der Waals surface area contributed by atoms with Crippen molar-refractivity contribution in [1.29, 1.82) is 0 Å². The van der Waals surface area contributed by atoms with Crippen LogP contribution in [0.25, 0.3) is 0 Å². The van der Waals surface area contributed by atoms with Gasteiger partial charge in [0.15, 0.2) is 0 Å². The Kier molecular flexibility index (Phi) is 5.08. The summed E-state index contributed by atoms with van der Waals surface area (Å²) in [7, 11) is 0. The van der Waals surface area contributed by atoms with E-state index in [0.717, 1.165) is 18.4 Å². The Bertz CT molecular complexity index is 253. The average Bonchev–Trinajstić information content (AvgIpc) is 2.47. The summed E-state index contributed by atoms with van der Waals surface area (Å²) in [5.74, 6) is 1.76. The number of hydrogen-bond donors (Lipinski definition) is 1. The van der Waals surface area contributed by atoms with Crippen LogP contribution < -0.4 is 5.73 Å². The van der Waals surface area contributed by atoms with Crippen LogP contribution in [0.15, 0.2) is 0 Å². The largest absolute Gasteiger partial charge is 0.329 e. The second-order valence-corrected chi connectivity index (χ2v) is 6.52. The van der Waals surface area contributed by atoms with E-state index in [4.69, 9.17) is 5.73 Å². The Morgan fingerprint density at radius 2 is 1.94 bits per heavy atom. The van der Waals surface area contributed by atoms with Crippen molar-refractivity contribution in [2.75, 3.05) is 19.6 Å². The molecule has 0 bridgehead atoms. The smallest absolute Gasteiger partial charge is 0.0359 e. The molecular formula is C16H32N2. The van der Waals surface area contributed by atoms with Crippen LogP contribution in [0, 0.1) is 11.8 Å². The number of nitrogens with two attached hydrogens (primary N) is 1. The summed E-state index contributed by atoms with van der Waals surface area (Å²) in [6.45, 7) is 8.19. The molecule has 0 spiro atoms. The minimum atomic E-state index is 0.348. The summed E-state index contributed by atoms with van der Waals surface area (Å²) in [6.07, 6.45) is 11.0. The fraction of sp³-hybridized carbons (Fsp3) is 1.00. The van der Waals surface area contributed by atoms with Crippen molar-refractivity contribution < 1.29 is 0 Å². The van der Waals surface area contributed by atoms with Crippen LogP contribution in [0.1, 0.15) is 65.2 Å². The highest BCUT2D eigenvalue weighted by Gasteiger charge is 2.44. The summed E-state index contributed by atoms with van der Waals surface area (Å²) in [6, 6.07) is 0. The molecule has 1 heterocycles. The molecule has 0 aromatic rings. The third kappa shape index (κ3) is 2.60. The maximum absolute atomic E-state index is 6.28. The second-order valence-electron chi connectivity index (χ2n) is 6.52. The topological polar surface area (TPSA) is 29.3 Å². The van der Waals surface area contributed by atoms with Gasteiger partial charge in [-0.1, -0.05) is 39.5 Å². The van der Waals surface area contributed by atoms with Crippen molar-refractivity contribution in [1.82, 2.24) is 4.90 Å². The molecule has 1 saturated carbocycles. The maximum atomic E-state index is 6.28. The van der Waals surface area contributed by atoms with Gasteiger partial charge in [0.05, 0.1) is 0 Å². The lowest BCUT2D eigenvalue weighted by molar-refractivity contribution is -0.0229. The Balaban J connectivity index is 2.13. The van der Waals surface area contributed by atoms with Gasteiger partial charge in [-0.3, -0.25) is 4.90 Å². The lowest BCUT2D eigenvalue weighted by Crippen LogP contribution is -2.62. The molecule has 1 aliphatic carbocycles. The van der Waals surface area contributed by atoms with Gasteiger partial charge in [0, 0.05) is 18.6 Å². The Morgan fingerprint density at radius 3 is 2.61 bits per heavy atom. The first-order chi connectivity index (χ1) is 8.76. The highest BCUT2D eigenvalue weighted by Crippen LogP contribution is 2.41. The van der Waals surface area contributed by atoms with Gasteiger partial charge in [0.1, 0.15) is 0 Å². The number of hydrogen-bond acceptors (Lipinski definition) is 2. The van der Waals surface area contributed by atoms with Crippen LogP contribution in [0.4, 0.5) is 0 Å². The van der Waals surface area contributed by atoms with Gasteiger partial charge >= 0.3 is 0 Å². The molecule has 0 aromatic carbocycles. The number of nitrogens with zero attached hydrogens (tertiary/aromatic N) is 1. The molecule has 0 radical (unpaired) electrons. The van der Waals surface area contributed by atoms with E-state index < -0.39 is 0 Å². The first-order valence-electron chi connectivity index (χ1n) is 8.22. The Morgan fingerprint density at radius 1 is 1.11 bits per heavy atom. The first-order valence-corrected chi connectivity index (χ1v) is 8.22. The minimum Gasteiger partial charge on any atom is -0.329 e. The number of rotatable bonds is 4. The molecule has 1 saturated heterocycles. The van der Waals surface area contributed by atoms with Gasteiger partial charge in [-0.2, -0.15) is 0 Å². The van der Waals surface area contributed by atoms with E-state index in [1.54, 1.807) is 0 Å². The van der Waals surface area contributed by atoms with Crippen molar-refractivity contribution >= 4 is 0 Å². The van der Waals surface area contributed by atoms with Crippen LogP contribution in [-0.4, -0.2) is 30.1 Å². The van der Waals surface area contributed by atoms with Crippen molar-refractivity contribution in [2.45, 2.75) is 70.8 Å². The molecule has 106 valence electrons. The fourth-order valence-electron chi connectivity index (χ4n) is 4.50. The molecule has 0 aromatic heterocycles. The highest BCUT2D eigenvalue weighted by molar-refractivity contribution is 5.00. The molecule has 1 aliphatic heterocycles. The quantitative estimate of drug-likeness (QED) is 0.831. The monoisotopic (exact) mass is 252 g/mol. The predicted octanol–water partition coefficient (Wildman–Crippen LogP) is 3.41. The van der Waals surface area contributed by atoms with E-state index >= 15 is 0 Å². The van der Waals surface area contributed by atoms with Crippen molar-refractivity contribution in [3.05, 3.63) is 0 Å². The summed E-state index contributed by atoms with van der Waals surface area (Å²) in [4.78, 5) is 2.80.